The Morgan fingerprint density at radius 1 is 1.32 bits per heavy atom. The van der Waals surface area contributed by atoms with E-state index in [1.807, 2.05) is 27.7 Å². The number of alkyl halides is 1. The van der Waals surface area contributed by atoms with Crippen molar-refractivity contribution in [2.24, 2.45) is 11.8 Å². The van der Waals surface area contributed by atoms with Gasteiger partial charge in [0.2, 0.25) is 11.8 Å². The van der Waals surface area contributed by atoms with E-state index >= 15 is 0 Å². The molecule has 1 aliphatic rings. The SMILES string of the molecule is CCC(C)C1C(=O)NC(CC(C)C)C(=O)N1CCF. The number of carbonyl (C=O) groups excluding carboxylic acids is 2. The molecule has 1 saturated heterocycles. The first-order valence-corrected chi connectivity index (χ1v) is 7.09. The second kappa shape index (κ2) is 6.87. The topological polar surface area (TPSA) is 49.4 Å². The fraction of sp³-hybridized carbons (Fsp3) is 0.857. The maximum atomic E-state index is 12.7. The van der Waals surface area contributed by atoms with E-state index in [2.05, 4.69) is 5.32 Å². The van der Waals surface area contributed by atoms with Crippen LogP contribution in [0.25, 0.3) is 0 Å². The van der Waals surface area contributed by atoms with E-state index in [1.165, 1.54) is 4.90 Å². The molecule has 0 bridgehead atoms. The lowest BCUT2D eigenvalue weighted by atomic mass is 9.91. The second-order valence-electron chi connectivity index (χ2n) is 5.74. The van der Waals surface area contributed by atoms with Gasteiger partial charge in [-0.05, 0) is 18.3 Å². The zero-order valence-corrected chi connectivity index (χ0v) is 12.3. The Hall–Kier alpha value is -1.13. The summed E-state index contributed by atoms with van der Waals surface area (Å²) in [4.78, 5) is 26.0. The van der Waals surface area contributed by atoms with E-state index in [0.717, 1.165) is 6.42 Å². The fourth-order valence-electron chi connectivity index (χ4n) is 2.56. The fourth-order valence-corrected chi connectivity index (χ4v) is 2.56. The van der Waals surface area contributed by atoms with Crippen LogP contribution in [0.5, 0.6) is 0 Å². The summed E-state index contributed by atoms with van der Waals surface area (Å²) in [5.41, 5.74) is 0. The molecule has 3 atom stereocenters. The Kier molecular flexibility index (Phi) is 5.76. The first-order chi connectivity index (χ1) is 8.92. The molecule has 1 rings (SSSR count). The lowest BCUT2D eigenvalue weighted by Gasteiger charge is -2.41. The molecule has 3 unspecified atom stereocenters. The molecule has 0 saturated carbocycles. The normalized spacial score (nSPS) is 25.7. The van der Waals surface area contributed by atoms with Gasteiger partial charge in [-0.2, -0.15) is 0 Å². The van der Waals surface area contributed by atoms with Crippen LogP contribution in [0.2, 0.25) is 0 Å². The molecule has 0 aromatic rings. The molecule has 0 spiro atoms. The van der Waals surface area contributed by atoms with Gasteiger partial charge in [0.15, 0.2) is 0 Å². The zero-order valence-electron chi connectivity index (χ0n) is 12.3. The Morgan fingerprint density at radius 3 is 2.42 bits per heavy atom. The number of carbonyl (C=O) groups is 2. The van der Waals surface area contributed by atoms with Crippen molar-refractivity contribution < 1.29 is 14.0 Å². The molecule has 1 heterocycles. The van der Waals surface area contributed by atoms with Crippen molar-refractivity contribution in [3.63, 3.8) is 0 Å². The van der Waals surface area contributed by atoms with Gasteiger partial charge in [-0.25, -0.2) is 4.39 Å². The highest BCUT2D eigenvalue weighted by atomic mass is 19.1. The predicted molar refractivity (Wildman–Crippen MR) is 72.3 cm³/mol. The summed E-state index contributed by atoms with van der Waals surface area (Å²) in [5.74, 6) is 0.0569. The summed E-state index contributed by atoms with van der Waals surface area (Å²) in [6, 6.07) is -1.03. The summed E-state index contributed by atoms with van der Waals surface area (Å²) in [6.45, 7) is 7.29. The number of nitrogens with one attached hydrogen (secondary N) is 1. The Balaban J connectivity index is 2.92. The Bertz CT molecular complexity index is 333. The van der Waals surface area contributed by atoms with Gasteiger partial charge >= 0.3 is 0 Å². The van der Waals surface area contributed by atoms with Crippen LogP contribution >= 0.6 is 0 Å². The lowest BCUT2D eigenvalue weighted by Crippen LogP contribution is -2.65. The van der Waals surface area contributed by atoms with Crippen molar-refractivity contribution in [1.29, 1.82) is 0 Å². The summed E-state index contributed by atoms with van der Waals surface area (Å²) < 4.78 is 12.7. The van der Waals surface area contributed by atoms with Gasteiger partial charge in [0.05, 0.1) is 0 Å². The lowest BCUT2D eigenvalue weighted by molar-refractivity contribution is -0.152. The summed E-state index contributed by atoms with van der Waals surface area (Å²) >= 11 is 0. The molecule has 110 valence electrons. The second-order valence-corrected chi connectivity index (χ2v) is 5.74. The quantitative estimate of drug-likeness (QED) is 0.800. The minimum absolute atomic E-state index is 0.00978. The third-order valence-corrected chi connectivity index (χ3v) is 3.72. The average molecular weight is 272 g/mol. The first-order valence-electron chi connectivity index (χ1n) is 7.09. The molecule has 1 fully saturated rings. The van der Waals surface area contributed by atoms with Crippen LogP contribution in [0.1, 0.15) is 40.5 Å². The average Bonchev–Trinajstić information content (AvgIpc) is 2.34. The molecule has 0 aromatic carbocycles. The number of hydrogen-bond acceptors (Lipinski definition) is 2. The predicted octanol–water partition coefficient (Wildman–Crippen LogP) is 1.74. The van der Waals surface area contributed by atoms with Crippen LogP contribution in [-0.4, -0.2) is 42.0 Å². The van der Waals surface area contributed by atoms with Crippen LogP contribution in [0.4, 0.5) is 4.39 Å². The van der Waals surface area contributed by atoms with E-state index in [0.29, 0.717) is 12.3 Å². The number of rotatable bonds is 6. The molecule has 0 aliphatic carbocycles. The minimum Gasteiger partial charge on any atom is -0.342 e. The third-order valence-electron chi connectivity index (χ3n) is 3.72. The van der Waals surface area contributed by atoms with E-state index in [-0.39, 0.29) is 24.3 Å². The Morgan fingerprint density at radius 2 is 1.95 bits per heavy atom. The standard InChI is InChI=1S/C14H25FN2O2/c1-5-10(4)12-13(18)16-11(8-9(2)3)14(19)17(12)7-6-15/h9-12H,5-8H2,1-4H3,(H,16,18). The molecule has 4 nitrogen and oxygen atoms in total. The van der Waals surface area contributed by atoms with Gasteiger partial charge in [0.25, 0.3) is 0 Å². The van der Waals surface area contributed by atoms with Crippen molar-refractivity contribution in [3.8, 4) is 0 Å². The first kappa shape index (κ1) is 15.9. The van der Waals surface area contributed by atoms with Gasteiger partial charge < -0.3 is 10.2 Å². The highest BCUT2D eigenvalue weighted by Crippen LogP contribution is 2.22. The van der Waals surface area contributed by atoms with Gasteiger partial charge in [-0.1, -0.05) is 34.1 Å². The maximum absolute atomic E-state index is 12.7. The summed E-state index contributed by atoms with van der Waals surface area (Å²) in [6.07, 6.45) is 1.38. The van der Waals surface area contributed by atoms with Crippen LogP contribution in [0.3, 0.4) is 0 Å². The summed E-state index contributed by atoms with van der Waals surface area (Å²) in [7, 11) is 0. The molecule has 0 aromatic heterocycles. The number of hydrogen-bond donors (Lipinski definition) is 1. The smallest absolute Gasteiger partial charge is 0.245 e. The van der Waals surface area contributed by atoms with E-state index in [9.17, 15) is 14.0 Å². The maximum Gasteiger partial charge on any atom is 0.245 e. The summed E-state index contributed by atoms with van der Waals surface area (Å²) in [5, 5.41) is 2.80. The molecule has 1 aliphatic heterocycles. The van der Waals surface area contributed by atoms with Crippen LogP contribution in [0, 0.1) is 11.8 Å². The minimum atomic E-state index is -0.611. The monoisotopic (exact) mass is 272 g/mol. The molecular formula is C14H25FN2O2. The van der Waals surface area contributed by atoms with Crippen LogP contribution in [-0.2, 0) is 9.59 Å². The number of nitrogens with zero attached hydrogens (tertiary/aromatic N) is 1. The molecular weight excluding hydrogens is 247 g/mol. The van der Waals surface area contributed by atoms with Crippen molar-refractivity contribution in [1.82, 2.24) is 10.2 Å². The number of halogens is 1. The van der Waals surface area contributed by atoms with Crippen molar-refractivity contribution in [3.05, 3.63) is 0 Å². The number of amides is 2. The zero-order chi connectivity index (χ0) is 14.6. The van der Waals surface area contributed by atoms with Crippen molar-refractivity contribution in [2.75, 3.05) is 13.2 Å². The van der Waals surface area contributed by atoms with Gasteiger partial charge in [0.1, 0.15) is 18.8 Å². The Labute approximate surface area is 114 Å². The van der Waals surface area contributed by atoms with Crippen molar-refractivity contribution >= 4 is 11.8 Å². The molecule has 1 N–H and O–H groups in total. The van der Waals surface area contributed by atoms with Gasteiger partial charge in [-0.15, -0.1) is 0 Å². The van der Waals surface area contributed by atoms with E-state index in [1.54, 1.807) is 0 Å². The van der Waals surface area contributed by atoms with Gasteiger partial charge in [-0.3, -0.25) is 9.59 Å². The van der Waals surface area contributed by atoms with E-state index < -0.39 is 18.8 Å². The largest absolute Gasteiger partial charge is 0.342 e. The third kappa shape index (κ3) is 3.67. The molecule has 5 heteroatoms. The number of piperazine rings is 1. The van der Waals surface area contributed by atoms with Crippen LogP contribution in [0.15, 0.2) is 0 Å². The van der Waals surface area contributed by atoms with Crippen molar-refractivity contribution in [2.45, 2.75) is 52.6 Å². The van der Waals surface area contributed by atoms with E-state index in [4.69, 9.17) is 0 Å². The molecule has 0 radical (unpaired) electrons. The molecule has 19 heavy (non-hydrogen) atoms. The highest BCUT2D eigenvalue weighted by Gasteiger charge is 2.42. The van der Waals surface area contributed by atoms with Crippen LogP contribution < -0.4 is 5.32 Å². The molecule has 2 amide bonds. The van der Waals surface area contributed by atoms with Gasteiger partial charge in [0, 0.05) is 6.54 Å². The highest BCUT2D eigenvalue weighted by molar-refractivity contribution is 5.97.